The zero-order valence-corrected chi connectivity index (χ0v) is 26.8. The number of aryl methyl sites for hydroxylation is 2. The van der Waals surface area contributed by atoms with E-state index in [1.807, 2.05) is 13.0 Å². The van der Waals surface area contributed by atoms with Crippen LogP contribution in [0, 0.1) is 25.2 Å². The second kappa shape index (κ2) is 12.3. The number of ether oxygens (including phenoxy) is 3. The van der Waals surface area contributed by atoms with Crippen LogP contribution in [0.1, 0.15) is 89.9 Å². The van der Waals surface area contributed by atoms with E-state index in [2.05, 4.69) is 58.0 Å². The molecule has 1 aliphatic rings. The van der Waals surface area contributed by atoms with E-state index in [0.29, 0.717) is 34.3 Å². The highest BCUT2D eigenvalue weighted by molar-refractivity contribution is 5.94. The monoisotopic (exact) mass is 590 g/mol. The van der Waals surface area contributed by atoms with Gasteiger partial charge in [0, 0.05) is 11.0 Å². The van der Waals surface area contributed by atoms with Crippen molar-refractivity contribution in [2.24, 2.45) is 11.3 Å². The first-order valence-electron chi connectivity index (χ1n) is 15.3. The van der Waals surface area contributed by atoms with Crippen molar-refractivity contribution < 1.29 is 23.8 Å². The van der Waals surface area contributed by atoms with Crippen molar-refractivity contribution in [3.63, 3.8) is 0 Å². The van der Waals surface area contributed by atoms with Crippen molar-refractivity contribution in [3.05, 3.63) is 118 Å². The maximum Gasteiger partial charge on any atom is 0.343 e. The first-order valence-corrected chi connectivity index (χ1v) is 15.3. The number of esters is 1. The molecule has 0 spiro atoms. The minimum Gasteiger partial charge on any atom is -0.496 e. The standard InChI is InChI=1S/C39H42O5/c1-25-22-38(5,6)24-39(23-25,31-12-18-35(42-7)26(2)20-31)32-13-19-36(27(3)21-32)44-37(41)30-10-16-34(17-11-30)43-33-14-8-29(9-15-33)28(4)40/h8-21,25H,22-24H2,1-7H3. The summed E-state index contributed by atoms with van der Waals surface area (Å²) in [5, 5.41) is 0. The summed E-state index contributed by atoms with van der Waals surface area (Å²) in [6, 6.07) is 26.7. The van der Waals surface area contributed by atoms with Crippen LogP contribution in [0.15, 0.2) is 84.9 Å². The number of hydrogen-bond acceptors (Lipinski definition) is 5. The summed E-state index contributed by atoms with van der Waals surface area (Å²) in [6.07, 6.45) is 3.27. The molecule has 0 aromatic heterocycles. The molecule has 0 radical (unpaired) electrons. The largest absolute Gasteiger partial charge is 0.496 e. The summed E-state index contributed by atoms with van der Waals surface area (Å²) in [7, 11) is 1.71. The quantitative estimate of drug-likeness (QED) is 0.116. The molecule has 0 bridgehead atoms. The van der Waals surface area contributed by atoms with E-state index >= 15 is 0 Å². The molecule has 0 N–H and O–H groups in total. The fourth-order valence-corrected chi connectivity index (χ4v) is 7.13. The van der Waals surface area contributed by atoms with Crippen LogP contribution < -0.4 is 14.2 Å². The van der Waals surface area contributed by atoms with Gasteiger partial charge in [0.1, 0.15) is 23.0 Å². The van der Waals surface area contributed by atoms with Gasteiger partial charge in [-0.05, 0) is 134 Å². The molecule has 5 heteroatoms. The molecule has 228 valence electrons. The number of rotatable bonds is 8. The maximum absolute atomic E-state index is 13.1. The van der Waals surface area contributed by atoms with Gasteiger partial charge in [0.2, 0.25) is 0 Å². The summed E-state index contributed by atoms with van der Waals surface area (Å²) in [5.74, 6) is 2.78. The first-order chi connectivity index (χ1) is 20.9. The van der Waals surface area contributed by atoms with Crippen molar-refractivity contribution in [1.29, 1.82) is 0 Å². The molecule has 0 amide bonds. The molecular formula is C39H42O5. The Morgan fingerprint density at radius 2 is 1.25 bits per heavy atom. The molecule has 0 saturated heterocycles. The first kappa shape index (κ1) is 31.1. The lowest BCUT2D eigenvalue weighted by Crippen LogP contribution is -2.41. The SMILES string of the molecule is COc1ccc(C2(c3ccc(OC(=O)c4ccc(Oc5ccc(C(C)=O)cc5)cc4)c(C)c3)CC(C)CC(C)(C)C2)cc1C. The molecule has 44 heavy (non-hydrogen) atoms. The van der Waals surface area contributed by atoms with Gasteiger partial charge >= 0.3 is 5.97 Å². The van der Waals surface area contributed by atoms with Crippen LogP contribution in [0.3, 0.4) is 0 Å². The Morgan fingerprint density at radius 1 is 0.727 bits per heavy atom. The number of hydrogen-bond donors (Lipinski definition) is 0. The van der Waals surface area contributed by atoms with Gasteiger partial charge in [0.05, 0.1) is 12.7 Å². The Hall–Kier alpha value is -4.38. The van der Waals surface area contributed by atoms with E-state index in [-0.39, 0.29) is 16.6 Å². The average Bonchev–Trinajstić information content (AvgIpc) is 2.97. The molecule has 1 saturated carbocycles. The zero-order valence-electron chi connectivity index (χ0n) is 26.8. The van der Waals surface area contributed by atoms with Gasteiger partial charge in [-0.3, -0.25) is 4.79 Å². The van der Waals surface area contributed by atoms with E-state index in [1.165, 1.54) is 24.5 Å². The lowest BCUT2D eigenvalue weighted by Gasteiger charge is -2.49. The van der Waals surface area contributed by atoms with Crippen molar-refractivity contribution in [1.82, 2.24) is 0 Å². The predicted octanol–water partition coefficient (Wildman–Crippen LogP) is 9.66. The van der Waals surface area contributed by atoms with Crippen LogP contribution >= 0.6 is 0 Å². The second-order valence-electron chi connectivity index (χ2n) is 13.2. The molecule has 0 heterocycles. The number of carbonyl (C=O) groups is 2. The Morgan fingerprint density at radius 3 is 1.73 bits per heavy atom. The van der Waals surface area contributed by atoms with E-state index < -0.39 is 5.97 Å². The minimum atomic E-state index is -0.425. The summed E-state index contributed by atoms with van der Waals surface area (Å²) in [6.45, 7) is 12.7. The fraction of sp³-hybridized carbons (Fsp3) is 0.333. The maximum atomic E-state index is 13.1. The van der Waals surface area contributed by atoms with Gasteiger partial charge in [0.25, 0.3) is 0 Å². The number of methoxy groups -OCH3 is 1. The number of ketones is 1. The van der Waals surface area contributed by atoms with Gasteiger partial charge in [-0.1, -0.05) is 45.0 Å². The normalized spacial score (nSPS) is 19.2. The van der Waals surface area contributed by atoms with Crippen molar-refractivity contribution in [3.8, 4) is 23.0 Å². The average molecular weight is 591 g/mol. The van der Waals surface area contributed by atoms with Gasteiger partial charge in [-0.2, -0.15) is 0 Å². The Labute approximate surface area is 261 Å². The predicted molar refractivity (Wildman–Crippen MR) is 174 cm³/mol. The third-order valence-corrected chi connectivity index (χ3v) is 8.84. The van der Waals surface area contributed by atoms with Gasteiger partial charge in [0.15, 0.2) is 5.78 Å². The molecule has 4 aromatic rings. The van der Waals surface area contributed by atoms with E-state index in [9.17, 15) is 9.59 Å². The molecule has 1 aliphatic carbocycles. The second-order valence-corrected chi connectivity index (χ2v) is 13.2. The van der Waals surface area contributed by atoms with Crippen LogP contribution in [0.2, 0.25) is 0 Å². The molecule has 5 rings (SSSR count). The Kier molecular flexibility index (Phi) is 8.69. The molecule has 2 atom stereocenters. The third-order valence-electron chi connectivity index (χ3n) is 8.84. The topological polar surface area (TPSA) is 61.8 Å². The molecule has 2 unspecified atom stereocenters. The van der Waals surface area contributed by atoms with Gasteiger partial charge in [-0.25, -0.2) is 4.79 Å². The lowest BCUT2D eigenvalue weighted by atomic mass is 9.55. The van der Waals surface area contributed by atoms with Crippen LogP contribution in [0.5, 0.6) is 23.0 Å². The lowest BCUT2D eigenvalue weighted by molar-refractivity contribution is 0.0733. The van der Waals surface area contributed by atoms with Crippen molar-refractivity contribution in [2.75, 3.05) is 7.11 Å². The van der Waals surface area contributed by atoms with E-state index in [0.717, 1.165) is 29.7 Å². The Balaban J connectivity index is 1.37. The molecular weight excluding hydrogens is 548 g/mol. The molecule has 1 fully saturated rings. The van der Waals surface area contributed by atoms with Crippen LogP contribution in [-0.4, -0.2) is 18.9 Å². The zero-order chi connectivity index (χ0) is 31.6. The molecule has 4 aromatic carbocycles. The van der Waals surface area contributed by atoms with E-state index in [1.54, 1.807) is 55.6 Å². The number of carbonyl (C=O) groups excluding carboxylic acids is 2. The van der Waals surface area contributed by atoms with Gasteiger partial charge < -0.3 is 14.2 Å². The smallest absolute Gasteiger partial charge is 0.343 e. The summed E-state index contributed by atoms with van der Waals surface area (Å²) in [5.41, 5.74) is 5.68. The third kappa shape index (κ3) is 6.57. The number of Topliss-reactive ketones (excluding diaryl/α,β-unsaturated/α-hetero) is 1. The van der Waals surface area contributed by atoms with E-state index in [4.69, 9.17) is 14.2 Å². The van der Waals surface area contributed by atoms with Crippen LogP contribution in [0.4, 0.5) is 0 Å². The molecule has 0 aliphatic heterocycles. The highest BCUT2D eigenvalue weighted by atomic mass is 16.5. The highest BCUT2D eigenvalue weighted by Gasteiger charge is 2.45. The minimum absolute atomic E-state index is 0.00338. The van der Waals surface area contributed by atoms with Crippen molar-refractivity contribution in [2.45, 2.75) is 66.2 Å². The van der Waals surface area contributed by atoms with Crippen molar-refractivity contribution >= 4 is 11.8 Å². The summed E-state index contributed by atoms with van der Waals surface area (Å²) in [4.78, 5) is 24.6. The molecule has 5 nitrogen and oxygen atoms in total. The number of benzene rings is 4. The Bertz CT molecular complexity index is 1670. The summed E-state index contributed by atoms with van der Waals surface area (Å²) < 4.78 is 17.3. The van der Waals surface area contributed by atoms with Crippen LogP contribution in [0.25, 0.3) is 0 Å². The van der Waals surface area contributed by atoms with Gasteiger partial charge in [-0.15, -0.1) is 0 Å². The highest BCUT2D eigenvalue weighted by Crippen LogP contribution is 2.54. The summed E-state index contributed by atoms with van der Waals surface area (Å²) >= 11 is 0. The van der Waals surface area contributed by atoms with Crippen LogP contribution in [-0.2, 0) is 5.41 Å². The fourth-order valence-electron chi connectivity index (χ4n) is 7.13.